The summed E-state index contributed by atoms with van der Waals surface area (Å²) in [6.07, 6.45) is 0.792. The second-order valence-electron chi connectivity index (χ2n) is 5.64. The van der Waals surface area contributed by atoms with Gasteiger partial charge in [-0.15, -0.1) is 0 Å². The highest BCUT2D eigenvalue weighted by Crippen LogP contribution is 2.29. The van der Waals surface area contributed by atoms with Crippen LogP contribution < -0.4 is 10.5 Å². The van der Waals surface area contributed by atoms with E-state index < -0.39 is 11.0 Å². The molecular weight excluding hydrogens is 260 g/mol. The Bertz CT molecular complexity index is 463. The molecule has 0 saturated carbocycles. The van der Waals surface area contributed by atoms with E-state index in [9.17, 15) is 9.00 Å². The summed E-state index contributed by atoms with van der Waals surface area (Å²) in [5.74, 6) is -0.0348. The summed E-state index contributed by atoms with van der Waals surface area (Å²) in [5.41, 5.74) is 0.624. The summed E-state index contributed by atoms with van der Waals surface area (Å²) in [7, 11) is -1.49. The summed E-state index contributed by atoms with van der Waals surface area (Å²) in [6.45, 7) is 8.18. The summed E-state index contributed by atoms with van der Waals surface area (Å²) >= 11 is 0. The molecule has 1 aromatic carbocycles. The van der Waals surface area contributed by atoms with Crippen LogP contribution in [0.3, 0.4) is 0 Å². The van der Waals surface area contributed by atoms with Crippen LogP contribution >= 0.6 is 0 Å². The van der Waals surface area contributed by atoms with Crippen molar-refractivity contribution in [3.63, 3.8) is 0 Å². The predicted molar refractivity (Wildman–Crippen MR) is 78.9 cm³/mol. The minimum Gasteiger partial charge on any atom is -0.326 e. The molecule has 0 aromatic heterocycles. The van der Waals surface area contributed by atoms with E-state index in [2.05, 4.69) is 26.1 Å². The van der Waals surface area contributed by atoms with Crippen LogP contribution in [-0.4, -0.2) is 10.1 Å². The van der Waals surface area contributed by atoms with Crippen molar-refractivity contribution in [2.45, 2.75) is 39.0 Å². The summed E-state index contributed by atoms with van der Waals surface area (Å²) in [5, 5.41) is 8.16. The second-order valence-corrected chi connectivity index (χ2v) is 6.70. The van der Waals surface area contributed by atoms with Crippen LogP contribution in [0.2, 0.25) is 0 Å². The first-order valence-electron chi connectivity index (χ1n) is 6.32. The maximum atomic E-state index is 12.2. The van der Waals surface area contributed by atoms with Gasteiger partial charge in [0.05, 0.1) is 4.90 Å². The third-order valence-corrected chi connectivity index (χ3v) is 3.86. The first kappa shape index (κ1) is 15.9. The Morgan fingerprint density at radius 2 is 1.84 bits per heavy atom. The summed E-state index contributed by atoms with van der Waals surface area (Å²) in [6, 6.07) is 6.74. The number of carbonyl (C=O) groups is 1. The lowest BCUT2D eigenvalue weighted by atomic mass is 9.78. The van der Waals surface area contributed by atoms with Gasteiger partial charge in [0.2, 0.25) is 5.91 Å². The predicted octanol–water partition coefficient (Wildman–Crippen LogP) is 2.68. The molecule has 0 aliphatic heterocycles. The average molecular weight is 282 g/mol. The molecule has 3 N–H and O–H groups in total. The fraction of sp³-hybridized carbons (Fsp3) is 0.500. The smallest absolute Gasteiger partial charge is 0.228 e. The van der Waals surface area contributed by atoms with Gasteiger partial charge < -0.3 is 5.32 Å². The number of hydrogen-bond donors (Lipinski definition) is 2. The van der Waals surface area contributed by atoms with Gasteiger partial charge in [0.1, 0.15) is 11.0 Å². The molecule has 1 aromatic rings. The molecule has 2 atom stereocenters. The van der Waals surface area contributed by atoms with Gasteiger partial charge in [0.25, 0.3) is 0 Å². The van der Waals surface area contributed by atoms with Crippen LogP contribution in [0.4, 0.5) is 5.69 Å². The number of nitrogens with two attached hydrogens (primary N) is 1. The molecule has 0 aliphatic carbocycles. The van der Waals surface area contributed by atoms with E-state index in [1.165, 1.54) is 0 Å². The van der Waals surface area contributed by atoms with E-state index >= 15 is 0 Å². The van der Waals surface area contributed by atoms with Crippen molar-refractivity contribution in [2.24, 2.45) is 16.5 Å². The van der Waals surface area contributed by atoms with Gasteiger partial charge in [-0.3, -0.25) is 4.79 Å². The van der Waals surface area contributed by atoms with E-state index in [1.807, 2.05) is 6.92 Å². The number of amides is 1. The number of carbonyl (C=O) groups excluding carboxylic acids is 1. The van der Waals surface area contributed by atoms with Crippen LogP contribution in [0, 0.1) is 11.3 Å². The standard InChI is InChI=1S/C14H22N2O2S/c1-5-12(14(2,3)4)13(17)16-10-6-8-11(9-7-10)19(15)18/h6-9,12H,5,15H2,1-4H3,(H,16,17). The topological polar surface area (TPSA) is 72.2 Å². The van der Waals surface area contributed by atoms with Crippen molar-refractivity contribution in [3.05, 3.63) is 24.3 Å². The number of nitrogens with one attached hydrogen (secondary N) is 1. The molecule has 0 radical (unpaired) electrons. The zero-order valence-corrected chi connectivity index (χ0v) is 12.7. The molecule has 0 saturated heterocycles. The molecule has 0 fully saturated rings. The van der Waals surface area contributed by atoms with Crippen molar-refractivity contribution in [1.29, 1.82) is 0 Å². The minimum absolute atomic E-state index is 0.0108. The monoisotopic (exact) mass is 282 g/mol. The van der Waals surface area contributed by atoms with Gasteiger partial charge in [-0.1, -0.05) is 27.7 Å². The third-order valence-electron chi connectivity index (χ3n) is 3.12. The fourth-order valence-corrected chi connectivity index (χ4v) is 2.50. The van der Waals surface area contributed by atoms with Crippen molar-refractivity contribution in [1.82, 2.24) is 0 Å². The third kappa shape index (κ3) is 4.44. The minimum atomic E-state index is -1.49. The van der Waals surface area contributed by atoms with Crippen LogP contribution in [-0.2, 0) is 15.8 Å². The zero-order valence-electron chi connectivity index (χ0n) is 11.9. The molecule has 106 valence electrons. The molecule has 0 heterocycles. The Morgan fingerprint density at radius 3 is 2.21 bits per heavy atom. The zero-order chi connectivity index (χ0) is 14.6. The van der Waals surface area contributed by atoms with Crippen molar-refractivity contribution in [2.75, 3.05) is 5.32 Å². The van der Waals surface area contributed by atoms with Crippen molar-refractivity contribution in [3.8, 4) is 0 Å². The maximum Gasteiger partial charge on any atom is 0.228 e. The van der Waals surface area contributed by atoms with Gasteiger partial charge in [-0.2, -0.15) is 0 Å². The molecule has 0 spiro atoms. The highest BCUT2D eigenvalue weighted by molar-refractivity contribution is 7.82. The van der Waals surface area contributed by atoms with Gasteiger partial charge in [0, 0.05) is 11.6 Å². The maximum absolute atomic E-state index is 12.2. The molecular formula is C14H22N2O2S. The number of rotatable bonds is 4. The molecule has 1 amide bonds. The molecule has 2 unspecified atom stereocenters. The van der Waals surface area contributed by atoms with Crippen molar-refractivity contribution >= 4 is 22.6 Å². The van der Waals surface area contributed by atoms with Crippen LogP contribution in [0.25, 0.3) is 0 Å². The van der Waals surface area contributed by atoms with E-state index in [1.54, 1.807) is 24.3 Å². The first-order valence-corrected chi connectivity index (χ1v) is 7.54. The van der Waals surface area contributed by atoms with Gasteiger partial charge >= 0.3 is 0 Å². The Labute approximate surface area is 117 Å². The number of hydrogen-bond acceptors (Lipinski definition) is 2. The SMILES string of the molecule is CCC(C(=O)Nc1ccc(S(N)=O)cc1)C(C)(C)C. The summed E-state index contributed by atoms with van der Waals surface area (Å²) in [4.78, 5) is 12.8. The molecule has 4 nitrogen and oxygen atoms in total. The highest BCUT2D eigenvalue weighted by Gasteiger charge is 2.29. The van der Waals surface area contributed by atoms with E-state index in [0.29, 0.717) is 10.6 Å². The quantitative estimate of drug-likeness (QED) is 0.891. The summed E-state index contributed by atoms with van der Waals surface area (Å²) < 4.78 is 11.1. The van der Waals surface area contributed by atoms with Crippen LogP contribution in [0.5, 0.6) is 0 Å². The molecule has 1 rings (SSSR count). The highest BCUT2D eigenvalue weighted by atomic mass is 32.2. The molecule has 19 heavy (non-hydrogen) atoms. The number of anilines is 1. The Hall–Kier alpha value is -1.20. The van der Waals surface area contributed by atoms with Gasteiger partial charge in [-0.25, -0.2) is 9.35 Å². The Morgan fingerprint density at radius 1 is 1.32 bits per heavy atom. The normalized spacial score (nSPS) is 14.8. The van der Waals surface area contributed by atoms with Gasteiger partial charge in [-0.05, 0) is 36.1 Å². The average Bonchev–Trinajstić information content (AvgIpc) is 2.28. The second kappa shape index (κ2) is 6.30. The van der Waals surface area contributed by atoms with E-state index in [4.69, 9.17) is 5.14 Å². The lowest BCUT2D eigenvalue weighted by Crippen LogP contribution is -2.32. The lowest BCUT2D eigenvalue weighted by molar-refractivity contribution is -0.123. The molecule has 5 heteroatoms. The Balaban J connectivity index is 2.79. The van der Waals surface area contributed by atoms with E-state index in [0.717, 1.165) is 6.42 Å². The van der Waals surface area contributed by atoms with Crippen LogP contribution in [0.1, 0.15) is 34.1 Å². The number of benzene rings is 1. The van der Waals surface area contributed by atoms with Crippen LogP contribution in [0.15, 0.2) is 29.2 Å². The van der Waals surface area contributed by atoms with E-state index in [-0.39, 0.29) is 17.2 Å². The first-order chi connectivity index (χ1) is 8.75. The lowest BCUT2D eigenvalue weighted by Gasteiger charge is -2.28. The Kier molecular flexibility index (Phi) is 5.26. The van der Waals surface area contributed by atoms with Gasteiger partial charge in [0.15, 0.2) is 0 Å². The van der Waals surface area contributed by atoms with Crippen molar-refractivity contribution < 1.29 is 9.00 Å². The molecule has 0 bridgehead atoms. The fourth-order valence-electron chi connectivity index (χ4n) is 2.09. The molecule has 0 aliphatic rings. The largest absolute Gasteiger partial charge is 0.326 e.